The van der Waals surface area contributed by atoms with E-state index in [1.807, 2.05) is 25.1 Å². The van der Waals surface area contributed by atoms with E-state index in [1.165, 1.54) is 0 Å². The van der Waals surface area contributed by atoms with Gasteiger partial charge in [-0.25, -0.2) is 0 Å². The minimum atomic E-state index is -1.18. The molecule has 1 unspecified atom stereocenters. The molecule has 0 aromatic heterocycles. The van der Waals surface area contributed by atoms with Gasteiger partial charge in [-0.05, 0) is 24.6 Å². The monoisotopic (exact) mass is 268 g/mol. The average Bonchev–Trinajstić information content (AvgIpc) is 2.40. The highest BCUT2D eigenvalue weighted by Gasteiger charge is 2.10. The van der Waals surface area contributed by atoms with Crippen LogP contribution in [-0.4, -0.2) is 37.4 Å². The second kappa shape index (κ2) is 7.60. The third-order valence-electron chi connectivity index (χ3n) is 2.52. The van der Waals surface area contributed by atoms with Gasteiger partial charge in [0.1, 0.15) is 6.10 Å². The van der Waals surface area contributed by atoms with E-state index in [0.29, 0.717) is 24.7 Å². The molecule has 6 heteroatoms. The largest absolute Gasteiger partial charge is 0.493 e. The summed E-state index contributed by atoms with van der Waals surface area (Å²) in [4.78, 5) is 10.7. The highest BCUT2D eigenvalue weighted by Crippen LogP contribution is 2.27. The maximum Gasteiger partial charge on any atom is 0.247 e. The molecular weight excluding hydrogens is 248 g/mol. The van der Waals surface area contributed by atoms with E-state index in [-0.39, 0.29) is 6.54 Å². The van der Waals surface area contributed by atoms with Crippen molar-refractivity contribution in [2.45, 2.75) is 19.6 Å². The Labute approximate surface area is 112 Å². The van der Waals surface area contributed by atoms with Gasteiger partial charge in [0.2, 0.25) is 5.91 Å². The zero-order chi connectivity index (χ0) is 14.3. The molecule has 0 spiro atoms. The van der Waals surface area contributed by atoms with Crippen molar-refractivity contribution in [3.8, 4) is 11.5 Å². The first kappa shape index (κ1) is 15.3. The number of rotatable bonds is 8. The third kappa shape index (κ3) is 4.76. The lowest BCUT2D eigenvalue weighted by atomic mass is 10.2. The minimum Gasteiger partial charge on any atom is -0.493 e. The van der Waals surface area contributed by atoms with Gasteiger partial charge in [0.15, 0.2) is 11.5 Å². The van der Waals surface area contributed by atoms with Crippen molar-refractivity contribution in [3.63, 3.8) is 0 Å². The molecule has 0 aliphatic heterocycles. The number of hydrogen-bond donors (Lipinski definition) is 3. The number of methoxy groups -OCH3 is 1. The summed E-state index contributed by atoms with van der Waals surface area (Å²) < 4.78 is 10.6. The number of carbonyl (C=O) groups is 1. The summed E-state index contributed by atoms with van der Waals surface area (Å²) in [6.07, 6.45) is -1.18. The number of nitrogens with one attached hydrogen (secondary N) is 1. The van der Waals surface area contributed by atoms with E-state index in [1.54, 1.807) is 7.11 Å². The molecular formula is C13H20N2O4. The van der Waals surface area contributed by atoms with Crippen LogP contribution in [0.25, 0.3) is 0 Å². The van der Waals surface area contributed by atoms with Gasteiger partial charge in [0, 0.05) is 13.1 Å². The lowest BCUT2D eigenvalue weighted by Crippen LogP contribution is -2.37. The second-order valence-electron chi connectivity index (χ2n) is 3.97. The van der Waals surface area contributed by atoms with E-state index in [9.17, 15) is 9.90 Å². The highest BCUT2D eigenvalue weighted by molar-refractivity contribution is 5.78. The molecule has 1 amide bonds. The van der Waals surface area contributed by atoms with E-state index >= 15 is 0 Å². The molecule has 0 bridgehead atoms. The Kier molecular flexibility index (Phi) is 6.11. The fourth-order valence-electron chi connectivity index (χ4n) is 1.55. The first-order chi connectivity index (χ1) is 9.08. The fraction of sp³-hybridized carbons (Fsp3) is 0.462. The van der Waals surface area contributed by atoms with Gasteiger partial charge in [-0.1, -0.05) is 6.07 Å². The lowest BCUT2D eigenvalue weighted by molar-refractivity contribution is -0.125. The van der Waals surface area contributed by atoms with Crippen molar-refractivity contribution in [2.75, 3.05) is 20.3 Å². The van der Waals surface area contributed by atoms with Gasteiger partial charge >= 0.3 is 0 Å². The zero-order valence-corrected chi connectivity index (χ0v) is 11.2. The maximum absolute atomic E-state index is 10.7. The number of aliphatic hydroxyl groups excluding tert-OH is 1. The van der Waals surface area contributed by atoms with Gasteiger partial charge in [0.25, 0.3) is 0 Å². The molecule has 0 radical (unpaired) electrons. The van der Waals surface area contributed by atoms with Gasteiger partial charge in [-0.3, -0.25) is 4.79 Å². The summed E-state index contributed by atoms with van der Waals surface area (Å²) in [5.74, 6) is 0.597. The Bertz CT molecular complexity index is 423. The maximum atomic E-state index is 10.7. The predicted molar refractivity (Wildman–Crippen MR) is 71.1 cm³/mol. The van der Waals surface area contributed by atoms with Crippen LogP contribution >= 0.6 is 0 Å². The molecule has 0 saturated carbocycles. The molecule has 1 rings (SSSR count). The fourth-order valence-corrected chi connectivity index (χ4v) is 1.55. The van der Waals surface area contributed by atoms with Crippen LogP contribution in [0.1, 0.15) is 12.5 Å². The highest BCUT2D eigenvalue weighted by atomic mass is 16.5. The molecule has 4 N–H and O–H groups in total. The van der Waals surface area contributed by atoms with Crippen molar-refractivity contribution < 1.29 is 19.4 Å². The first-order valence-corrected chi connectivity index (χ1v) is 6.06. The molecule has 1 aromatic carbocycles. The summed E-state index contributed by atoms with van der Waals surface area (Å²) in [5, 5.41) is 12.2. The van der Waals surface area contributed by atoms with Crippen molar-refractivity contribution >= 4 is 5.91 Å². The molecule has 1 atom stereocenters. The summed E-state index contributed by atoms with van der Waals surface area (Å²) in [7, 11) is 1.58. The molecule has 1 aromatic rings. The predicted octanol–water partition coefficient (Wildman–Crippen LogP) is 0.0297. The lowest BCUT2D eigenvalue weighted by Gasteiger charge is -2.12. The molecule has 19 heavy (non-hydrogen) atoms. The number of hydrogen-bond acceptors (Lipinski definition) is 5. The smallest absolute Gasteiger partial charge is 0.247 e. The Balaban J connectivity index is 2.57. The number of carbonyl (C=O) groups excluding carboxylic acids is 1. The van der Waals surface area contributed by atoms with Gasteiger partial charge in [0.05, 0.1) is 13.7 Å². The topological polar surface area (TPSA) is 93.8 Å². The molecule has 0 heterocycles. The third-order valence-corrected chi connectivity index (χ3v) is 2.52. The molecule has 6 nitrogen and oxygen atoms in total. The summed E-state index contributed by atoms with van der Waals surface area (Å²) in [6.45, 7) is 3.08. The number of benzene rings is 1. The molecule has 0 fully saturated rings. The van der Waals surface area contributed by atoms with Crippen molar-refractivity contribution in [3.05, 3.63) is 23.8 Å². The quantitative estimate of drug-likeness (QED) is 0.618. The summed E-state index contributed by atoms with van der Waals surface area (Å²) in [5.41, 5.74) is 5.90. The van der Waals surface area contributed by atoms with Crippen molar-refractivity contribution in [1.82, 2.24) is 5.32 Å². The van der Waals surface area contributed by atoms with Crippen LogP contribution in [0, 0.1) is 0 Å². The number of amides is 1. The summed E-state index contributed by atoms with van der Waals surface area (Å²) >= 11 is 0. The van der Waals surface area contributed by atoms with Crippen molar-refractivity contribution in [1.29, 1.82) is 0 Å². The van der Waals surface area contributed by atoms with E-state index in [0.717, 1.165) is 5.56 Å². The van der Waals surface area contributed by atoms with Crippen molar-refractivity contribution in [2.24, 2.45) is 5.73 Å². The SMILES string of the molecule is CCOc1ccc(CNCC(O)C(N)=O)cc1OC. The summed E-state index contributed by atoms with van der Waals surface area (Å²) in [6, 6.07) is 5.55. The number of ether oxygens (including phenoxy) is 2. The Hall–Kier alpha value is -1.79. The molecule has 0 aliphatic rings. The Morgan fingerprint density at radius 3 is 2.79 bits per heavy atom. The van der Waals surface area contributed by atoms with Crippen LogP contribution in [0.4, 0.5) is 0 Å². The van der Waals surface area contributed by atoms with Crippen LogP contribution in [-0.2, 0) is 11.3 Å². The van der Waals surface area contributed by atoms with Crippen LogP contribution in [0.5, 0.6) is 11.5 Å². The van der Waals surface area contributed by atoms with Crippen LogP contribution in [0.2, 0.25) is 0 Å². The molecule has 0 aliphatic carbocycles. The van der Waals surface area contributed by atoms with Gasteiger partial charge in [-0.2, -0.15) is 0 Å². The molecule has 0 saturated heterocycles. The zero-order valence-electron chi connectivity index (χ0n) is 11.2. The van der Waals surface area contributed by atoms with Gasteiger partial charge in [-0.15, -0.1) is 0 Å². The van der Waals surface area contributed by atoms with Crippen LogP contribution in [0.15, 0.2) is 18.2 Å². The van der Waals surface area contributed by atoms with Crippen LogP contribution < -0.4 is 20.5 Å². The Morgan fingerprint density at radius 2 is 2.21 bits per heavy atom. The van der Waals surface area contributed by atoms with Gasteiger partial charge < -0.3 is 25.6 Å². The van der Waals surface area contributed by atoms with E-state index in [4.69, 9.17) is 15.2 Å². The van der Waals surface area contributed by atoms with Crippen LogP contribution in [0.3, 0.4) is 0 Å². The number of aliphatic hydroxyl groups is 1. The van der Waals surface area contributed by atoms with E-state index < -0.39 is 12.0 Å². The van der Waals surface area contributed by atoms with E-state index in [2.05, 4.69) is 5.32 Å². The standard InChI is InChI=1S/C13H20N2O4/c1-3-19-11-5-4-9(6-12(11)18-2)7-15-8-10(16)13(14)17/h4-6,10,15-16H,3,7-8H2,1-2H3,(H2,14,17). The number of nitrogens with two attached hydrogens (primary N) is 1. The minimum absolute atomic E-state index is 0.116. The number of primary amides is 1. The average molecular weight is 268 g/mol. The first-order valence-electron chi connectivity index (χ1n) is 6.06. The molecule has 106 valence electrons. The second-order valence-corrected chi connectivity index (χ2v) is 3.97. The Morgan fingerprint density at radius 1 is 1.47 bits per heavy atom. The normalized spacial score (nSPS) is 11.9.